The molecule has 0 bridgehead atoms. The Kier molecular flexibility index (Phi) is 8.29. The molecule has 1 aliphatic carbocycles. The van der Waals surface area contributed by atoms with Crippen molar-refractivity contribution in [2.75, 3.05) is 10.6 Å². The summed E-state index contributed by atoms with van der Waals surface area (Å²) in [5, 5.41) is 5.76. The van der Waals surface area contributed by atoms with Gasteiger partial charge in [0.2, 0.25) is 5.91 Å². The summed E-state index contributed by atoms with van der Waals surface area (Å²) in [7, 11) is 0. The zero-order valence-electron chi connectivity index (χ0n) is 23.4. The predicted octanol–water partition coefficient (Wildman–Crippen LogP) is 7.66. The number of rotatable bonds is 7. The Hall–Kier alpha value is -4.66. The number of alkyl halides is 3. The number of benzene rings is 2. The normalized spacial score (nSPS) is 13.6. The van der Waals surface area contributed by atoms with Crippen molar-refractivity contribution in [3.8, 4) is 5.82 Å². The van der Waals surface area contributed by atoms with Gasteiger partial charge < -0.3 is 15.2 Å². The zero-order valence-corrected chi connectivity index (χ0v) is 23.4. The van der Waals surface area contributed by atoms with E-state index < -0.39 is 11.7 Å². The molecule has 0 radical (unpaired) electrons. The lowest BCUT2D eigenvalue weighted by Gasteiger charge is -2.21. The van der Waals surface area contributed by atoms with E-state index in [1.165, 1.54) is 12.1 Å². The van der Waals surface area contributed by atoms with Gasteiger partial charge in [-0.2, -0.15) is 13.2 Å². The van der Waals surface area contributed by atoms with Crippen molar-refractivity contribution in [1.29, 1.82) is 0 Å². The molecule has 9 heteroatoms. The second kappa shape index (κ2) is 12.1. The van der Waals surface area contributed by atoms with Crippen molar-refractivity contribution < 1.29 is 22.8 Å². The lowest BCUT2D eigenvalue weighted by Crippen LogP contribution is -2.18. The van der Waals surface area contributed by atoms with E-state index in [1.54, 1.807) is 24.3 Å². The van der Waals surface area contributed by atoms with E-state index >= 15 is 0 Å². The summed E-state index contributed by atoms with van der Waals surface area (Å²) in [6.45, 7) is 4.01. The number of nitrogens with one attached hydrogen (secondary N) is 2. The Bertz CT molecular complexity index is 1620. The Morgan fingerprint density at radius 3 is 2.07 bits per heavy atom. The molecule has 0 unspecified atom stereocenters. The quantitative estimate of drug-likeness (QED) is 0.239. The van der Waals surface area contributed by atoms with Crippen LogP contribution in [-0.2, 0) is 22.2 Å². The first-order chi connectivity index (χ1) is 20.1. The number of carbonyl (C=O) groups is 2. The number of anilines is 2. The maximum atomic E-state index is 13.2. The van der Waals surface area contributed by atoms with Crippen LogP contribution in [0.3, 0.4) is 0 Å². The molecule has 4 aromatic rings. The lowest BCUT2D eigenvalue weighted by molar-refractivity contribution is -0.137. The SMILES string of the molecule is Cc1ccc(C)n1-c1cccc(CC(=O)Nc2ccc(NC(=O)C3=C(c4ccc(C(F)(F)F)cc4)CCCC3)cc2)n1. The summed E-state index contributed by atoms with van der Waals surface area (Å²) in [6, 6.07) is 21.4. The summed E-state index contributed by atoms with van der Waals surface area (Å²) in [5.74, 6) is 0.265. The number of carbonyl (C=O) groups excluding carboxylic acids is 2. The van der Waals surface area contributed by atoms with Crippen molar-refractivity contribution in [3.05, 3.63) is 113 Å². The van der Waals surface area contributed by atoms with E-state index in [1.807, 2.05) is 48.7 Å². The summed E-state index contributed by atoms with van der Waals surface area (Å²) in [6.07, 6.45) is -1.43. The topological polar surface area (TPSA) is 76.0 Å². The minimum atomic E-state index is -4.41. The highest BCUT2D eigenvalue weighted by atomic mass is 19.4. The third-order valence-corrected chi connectivity index (χ3v) is 7.36. The molecule has 1 aliphatic rings. The van der Waals surface area contributed by atoms with Gasteiger partial charge >= 0.3 is 6.18 Å². The summed E-state index contributed by atoms with van der Waals surface area (Å²) < 4.78 is 41.0. The number of amides is 2. The Balaban J connectivity index is 1.22. The minimum Gasteiger partial charge on any atom is -0.326 e. The molecular weight excluding hydrogens is 541 g/mol. The number of hydrogen-bond acceptors (Lipinski definition) is 3. The highest BCUT2D eigenvalue weighted by Crippen LogP contribution is 2.35. The monoisotopic (exact) mass is 572 g/mol. The number of aromatic nitrogens is 2. The highest BCUT2D eigenvalue weighted by molar-refractivity contribution is 6.09. The van der Waals surface area contributed by atoms with Gasteiger partial charge in [-0.15, -0.1) is 0 Å². The first-order valence-electron chi connectivity index (χ1n) is 13.8. The van der Waals surface area contributed by atoms with Gasteiger partial charge in [0.1, 0.15) is 5.82 Å². The van der Waals surface area contributed by atoms with Gasteiger partial charge in [0.05, 0.1) is 17.7 Å². The van der Waals surface area contributed by atoms with Gasteiger partial charge in [0.15, 0.2) is 0 Å². The number of hydrogen-bond donors (Lipinski definition) is 2. The van der Waals surface area contributed by atoms with Crippen molar-refractivity contribution in [2.45, 2.75) is 52.1 Å². The van der Waals surface area contributed by atoms with E-state index in [2.05, 4.69) is 15.6 Å². The van der Waals surface area contributed by atoms with Gasteiger partial charge in [0.25, 0.3) is 5.91 Å². The standard InChI is InChI=1S/C33H31F3N4O2/c1-21-10-11-22(2)40(21)30-9-5-6-27(37-30)20-31(41)38-25-16-18-26(19-17-25)39-32(42)29-8-4-3-7-28(29)23-12-14-24(15-13-23)33(34,35)36/h5-6,9-19H,3-4,7-8,20H2,1-2H3,(H,38,41)(H,39,42). The van der Waals surface area contributed by atoms with Gasteiger partial charge in [-0.25, -0.2) is 4.98 Å². The number of allylic oxidation sites excluding steroid dienone is 1. The molecule has 2 amide bonds. The van der Waals surface area contributed by atoms with E-state index in [0.717, 1.165) is 47.8 Å². The molecule has 2 aromatic carbocycles. The third kappa shape index (κ3) is 6.62. The van der Waals surface area contributed by atoms with Crippen LogP contribution >= 0.6 is 0 Å². The fourth-order valence-electron chi connectivity index (χ4n) is 5.27. The largest absolute Gasteiger partial charge is 0.416 e. The number of pyridine rings is 1. The maximum absolute atomic E-state index is 13.2. The van der Waals surface area contributed by atoms with Crippen LogP contribution in [0.15, 0.2) is 84.4 Å². The van der Waals surface area contributed by atoms with E-state index in [4.69, 9.17) is 0 Å². The Morgan fingerprint density at radius 1 is 0.810 bits per heavy atom. The molecule has 216 valence electrons. The molecule has 0 saturated heterocycles. The maximum Gasteiger partial charge on any atom is 0.416 e. The fraction of sp³-hybridized carbons (Fsp3) is 0.242. The second-order valence-electron chi connectivity index (χ2n) is 10.4. The predicted molar refractivity (Wildman–Crippen MR) is 157 cm³/mol. The molecule has 6 nitrogen and oxygen atoms in total. The lowest BCUT2D eigenvalue weighted by atomic mass is 9.86. The average molecular weight is 573 g/mol. The first kappa shape index (κ1) is 28.9. The zero-order chi connectivity index (χ0) is 29.9. The van der Waals surface area contributed by atoms with Gasteiger partial charge in [0, 0.05) is 28.3 Å². The van der Waals surface area contributed by atoms with Gasteiger partial charge in [-0.1, -0.05) is 18.2 Å². The molecule has 5 rings (SSSR count). The third-order valence-electron chi connectivity index (χ3n) is 7.36. The van der Waals surface area contributed by atoms with Crippen LogP contribution < -0.4 is 10.6 Å². The van der Waals surface area contributed by atoms with Gasteiger partial charge in [-0.3, -0.25) is 9.59 Å². The Morgan fingerprint density at radius 2 is 1.43 bits per heavy atom. The van der Waals surface area contributed by atoms with Crippen LogP contribution in [0.2, 0.25) is 0 Å². The van der Waals surface area contributed by atoms with Crippen LogP contribution in [-0.4, -0.2) is 21.4 Å². The molecule has 0 aliphatic heterocycles. The molecule has 0 spiro atoms. The molecule has 0 saturated carbocycles. The average Bonchev–Trinajstić information content (AvgIpc) is 3.31. The molecule has 42 heavy (non-hydrogen) atoms. The molecule has 2 aromatic heterocycles. The summed E-state index contributed by atoms with van der Waals surface area (Å²) in [4.78, 5) is 30.6. The highest BCUT2D eigenvalue weighted by Gasteiger charge is 2.30. The minimum absolute atomic E-state index is 0.104. The van der Waals surface area contributed by atoms with Crippen molar-refractivity contribution in [3.63, 3.8) is 0 Å². The van der Waals surface area contributed by atoms with Crippen LogP contribution in [0.1, 0.15) is 53.9 Å². The molecule has 0 atom stereocenters. The van der Waals surface area contributed by atoms with Crippen LogP contribution in [0.25, 0.3) is 11.4 Å². The molecule has 0 fully saturated rings. The molecular formula is C33H31F3N4O2. The Labute approximate surface area is 242 Å². The summed E-state index contributed by atoms with van der Waals surface area (Å²) >= 11 is 0. The molecule has 2 heterocycles. The molecule has 2 N–H and O–H groups in total. The van der Waals surface area contributed by atoms with Gasteiger partial charge in [-0.05, 0) is 111 Å². The van der Waals surface area contributed by atoms with Crippen LogP contribution in [0.5, 0.6) is 0 Å². The number of halogens is 3. The second-order valence-corrected chi connectivity index (χ2v) is 10.4. The van der Waals surface area contributed by atoms with E-state index in [-0.39, 0.29) is 18.2 Å². The smallest absolute Gasteiger partial charge is 0.326 e. The van der Waals surface area contributed by atoms with Crippen molar-refractivity contribution in [2.24, 2.45) is 0 Å². The van der Waals surface area contributed by atoms with Crippen LogP contribution in [0.4, 0.5) is 24.5 Å². The van der Waals surface area contributed by atoms with Crippen molar-refractivity contribution >= 4 is 28.8 Å². The summed E-state index contributed by atoms with van der Waals surface area (Å²) in [5.41, 5.74) is 5.16. The number of aryl methyl sites for hydroxylation is 2. The fourth-order valence-corrected chi connectivity index (χ4v) is 5.27. The van der Waals surface area contributed by atoms with Crippen LogP contribution in [0, 0.1) is 13.8 Å². The van der Waals surface area contributed by atoms with Crippen molar-refractivity contribution in [1.82, 2.24) is 9.55 Å². The number of nitrogens with zero attached hydrogens (tertiary/aromatic N) is 2. The first-order valence-corrected chi connectivity index (χ1v) is 13.8. The van der Waals surface area contributed by atoms with E-state index in [9.17, 15) is 22.8 Å². The van der Waals surface area contributed by atoms with E-state index in [0.29, 0.717) is 41.0 Å².